The maximum atomic E-state index is 11.4. The van der Waals surface area contributed by atoms with E-state index in [4.69, 9.17) is 11.6 Å². The zero-order valence-corrected chi connectivity index (χ0v) is 10.1. The van der Waals surface area contributed by atoms with Crippen LogP contribution in [0.2, 0.25) is 5.02 Å². The molecular formula is C9H7BrClNO3. The van der Waals surface area contributed by atoms with Crippen molar-refractivity contribution in [3.05, 3.63) is 38.4 Å². The Hall–Kier alpha value is -0.940. The first kappa shape index (κ1) is 12.1. The second-order valence-corrected chi connectivity index (χ2v) is 3.92. The molecule has 0 amide bonds. The second-order valence-electron chi connectivity index (χ2n) is 2.96. The molecule has 0 fully saturated rings. The average molecular weight is 293 g/mol. The molecule has 1 rings (SSSR count). The molecule has 15 heavy (non-hydrogen) atoms. The van der Waals surface area contributed by atoms with Gasteiger partial charge in [-0.05, 0) is 24.6 Å². The van der Waals surface area contributed by atoms with Gasteiger partial charge in [-0.25, -0.2) is 0 Å². The van der Waals surface area contributed by atoms with Gasteiger partial charge in [0.25, 0.3) is 5.69 Å². The number of nitrogens with zero attached hydrogens (tertiary/aromatic N) is 1. The standard InChI is InChI=1S/C9H7BrClNO3/c1-5-2-6(8(13)4-10)9(12(14)15)7(11)3-5/h2-3H,4H2,1H3. The van der Waals surface area contributed by atoms with Gasteiger partial charge in [-0.15, -0.1) is 0 Å². The third-order valence-corrected chi connectivity index (χ3v) is 2.61. The largest absolute Gasteiger partial charge is 0.298 e. The van der Waals surface area contributed by atoms with Crippen LogP contribution in [0.15, 0.2) is 12.1 Å². The highest BCUT2D eigenvalue weighted by Crippen LogP contribution is 2.30. The molecule has 0 aromatic heterocycles. The van der Waals surface area contributed by atoms with E-state index in [1.807, 2.05) is 0 Å². The van der Waals surface area contributed by atoms with Gasteiger partial charge < -0.3 is 0 Å². The van der Waals surface area contributed by atoms with E-state index in [9.17, 15) is 14.9 Å². The van der Waals surface area contributed by atoms with Gasteiger partial charge in [-0.1, -0.05) is 27.5 Å². The molecule has 1 aromatic rings. The van der Waals surface area contributed by atoms with Crippen LogP contribution in [-0.2, 0) is 0 Å². The normalized spacial score (nSPS) is 10.1. The molecule has 0 unspecified atom stereocenters. The van der Waals surface area contributed by atoms with Crippen LogP contribution < -0.4 is 0 Å². The molecule has 0 aliphatic rings. The van der Waals surface area contributed by atoms with Crippen molar-refractivity contribution in [2.45, 2.75) is 6.92 Å². The molecule has 0 heterocycles. The predicted octanol–water partition coefficient (Wildman–Crippen LogP) is 3.13. The van der Waals surface area contributed by atoms with Crippen LogP contribution in [0, 0.1) is 17.0 Å². The molecule has 0 N–H and O–H groups in total. The minimum Gasteiger partial charge on any atom is -0.293 e. The van der Waals surface area contributed by atoms with Crippen molar-refractivity contribution >= 4 is 39.0 Å². The number of carbonyl (C=O) groups is 1. The maximum absolute atomic E-state index is 11.4. The first-order valence-corrected chi connectivity index (χ1v) is 5.51. The minimum absolute atomic E-state index is 0.00991. The number of nitro groups is 1. The van der Waals surface area contributed by atoms with Gasteiger partial charge in [-0.2, -0.15) is 0 Å². The number of carbonyl (C=O) groups excluding carboxylic acids is 1. The Kier molecular flexibility index (Phi) is 3.82. The molecule has 6 heteroatoms. The summed E-state index contributed by atoms with van der Waals surface area (Å²) < 4.78 is 0. The summed E-state index contributed by atoms with van der Waals surface area (Å²) in [5.74, 6) is -0.354. The topological polar surface area (TPSA) is 60.2 Å². The van der Waals surface area contributed by atoms with Crippen LogP contribution in [-0.4, -0.2) is 16.0 Å². The summed E-state index contributed by atoms with van der Waals surface area (Å²) in [4.78, 5) is 21.5. The Bertz CT molecular complexity index is 434. The molecule has 4 nitrogen and oxygen atoms in total. The highest BCUT2D eigenvalue weighted by Gasteiger charge is 2.23. The summed E-state index contributed by atoms with van der Waals surface area (Å²) in [5.41, 5.74) is 0.434. The Morgan fingerprint density at radius 1 is 1.60 bits per heavy atom. The lowest BCUT2D eigenvalue weighted by Gasteiger charge is -2.03. The Labute approximate surface area is 99.5 Å². The number of hydrogen-bond donors (Lipinski definition) is 0. The second kappa shape index (κ2) is 4.72. The fourth-order valence-corrected chi connectivity index (χ4v) is 1.85. The molecule has 0 saturated carbocycles. The number of halogens is 2. The molecule has 0 saturated heterocycles. The van der Waals surface area contributed by atoms with E-state index in [1.165, 1.54) is 12.1 Å². The van der Waals surface area contributed by atoms with Crippen molar-refractivity contribution in [2.75, 3.05) is 5.33 Å². The predicted molar refractivity (Wildman–Crippen MR) is 61.0 cm³/mol. The van der Waals surface area contributed by atoms with Crippen molar-refractivity contribution in [1.82, 2.24) is 0 Å². The number of rotatable bonds is 3. The number of alkyl halides is 1. The first-order valence-electron chi connectivity index (χ1n) is 4.01. The molecule has 80 valence electrons. The molecule has 0 radical (unpaired) electrons. The summed E-state index contributed by atoms with van der Waals surface area (Å²) in [6.45, 7) is 1.72. The van der Waals surface area contributed by atoms with Gasteiger partial charge in [0.05, 0.1) is 15.8 Å². The highest BCUT2D eigenvalue weighted by molar-refractivity contribution is 9.09. The minimum atomic E-state index is -0.641. The summed E-state index contributed by atoms with van der Waals surface area (Å²) in [6.07, 6.45) is 0. The summed E-state index contributed by atoms with van der Waals surface area (Å²) >= 11 is 8.69. The van der Waals surface area contributed by atoms with E-state index in [0.29, 0.717) is 0 Å². The SMILES string of the molecule is Cc1cc(Cl)c([N+](=O)[O-])c(C(=O)CBr)c1. The lowest BCUT2D eigenvalue weighted by Crippen LogP contribution is -2.06. The number of aryl methyl sites for hydroxylation is 1. The smallest absolute Gasteiger partial charge is 0.293 e. The molecule has 1 aromatic carbocycles. The fourth-order valence-electron chi connectivity index (χ4n) is 1.20. The quantitative estimate of drug-likeness (QED) is 0.372. The van der Waals surface area contributed by atoms with Gasteiger partial charge in [-0.3, -0.25) is 14.9 Å². The lowest BCUT2D eigenvalue weighted by molar-refractivity contribution is -0.385. The molecule has 0 atom stereocenters. The van der Waals surface area contributed by atoms with Crippen LogP contribution in [0.3, 0.4) is 0 Å². The van der Waals surface area contributed by atoms with Crippen LogP contribution in [0.4, 0.5) is 5.69 Å². The maximum Gasteiger partial charge on any atom is 0.298 e. The molecule has 0 spiro atoms. The fraction of sp³-hybridized carbons (Fsp3) is 0.222. The third-order valence-electron chi connectivity index (χ3n) is 1.81. The Balaban J connectivity index is 3.46. The summed E-state index contributed by atoms with van der Waals surface area (Å²) in [5, 5.41) is 10.8. The zero-order chi connectivity index (χ0) is 11.6. The van der Waals surface area contributed by atoms with E-state index in [1.54, 1.807) is 6.92 Å². The van der Waals surface area contributed by atoms with E-state index in [0.717, 1.165) is 5.56 Å². The van der Waals surface area contributed by atoms with Crippen molar-refractivity contribution in [3.63, 3.8) is 0 Å². The number of ketones is 1. The molecular weight excluding hydrogens is 285 g/mol. The number of nitro benzene ring substituents is 1. The van der Waals surface area contributed by atoms with Gasteiger partial charge in [0.2, 0.25) is 0 Å². The Morgan fingerprint density at radius 2 is 2.20 bits per heavy atom. The van der Waals surface area contributed by atoms with Crippen LogP contribution >= 0.6 is 27.5 Å². The van der Waals surface area contributed by atoms with Crippen LogP contribution in [0.25, 0.3) is 0 Å². The molecule has 0 aliphatic heterocycles. The molecule has 0 bridgehead atoms. The lowest BCUT2D eigenvalue weighted by atomic mass is 10.1. The van der Waals surface area contributed by atoms with Crippen molar-refractivity contribution < 1.29 is 9.72 Å². The summed E-state index contributed by atoms with van der Waals surface area (Å²) in [6, 6.07) is 2.93. The van der Waals surface area contributed by atoms with Gasteiger partial charge in [0, 0.05) is 0 Å². The van der Waals surface area contributed by atoms with Gasteiger partial charge in [0.1, 0.15) is 5.02 Å². The van der Waals surface area contributed by atoms with Crippen LogP contribution in [0.5, 0.6) is 0 Å². The summed E-state index contributed by atoms with van der Waals surface area (Å²) in [7, 11) is 0. The third kappa shape index (κ3) is 2.54. The highest BCUT2D eigenvalue weighted by atomic mass is 79.9. The van der Waals surface area contributed by atoms with E-state index < -0.39 is 4.92 Å². The van der Waals surface area contributed by atoms with Crippen molar-refractivity contribution in [1.29, 1.82) is 0 Å². The van der Waals surface area contributed by atoms with Gasteiger partial charge in [0.15, 0.2) is 5.78 Å². The van der Waals surface area contributed by atoms with Crippen molar-refractivity contribution in [3.8, 4) is 0 Å². The van der Waals surface area contributed by atoms with E-state index in [2.05, 4.69) is 15.9 Å². The van der Waals surface area contributed by atoms with Gasteiger partial charge >= 0.3 is 0 Å². The average Bonchev–Trinajstić information content (AvgIpc) is 2.14. The van der Waals surface area contributed by atoms with Crippen molar-refractivity contribution in [2.24, 2.45) is 0 Å². The first-order chi connectivity index (χ1) is 6.97. The Morgan fingerprint density at radius 3 is 2.67 bits per heavy atom. The van der Waals surface area contributed by atoms with E-state index >= 15 is 0 Å². The zero-order valence-electron chi connectivity index (χ0n) is 7.79. The van der Waals surface area contributed by atoms with E-state index in [-0.39, 0.29) is 27.4 Å². The monoisotopic (exact) mass is 291 g/mol. The number of benzene rings is 1. The molecule has 0 aliphatic carbocycles. The van der Waals surface area contributed by atoms with Crippen LogP contribution in [0.1, 0.15) is 15.9 Å². The number of Topliss-reactive ketones (excluding diaryl/α,β-unsaturated/α-hetero) is 1. The number of hydrogen-bond acceptors (Lipinski definition) is 3.